The summed E-state index contributed by atoms with van der Waals surface area (Å²) in [6.45, 7) is 1.05. The lowest BCUT2D eigenvalue weighted by Gasteiger charge is -2.28. The predicted octanol–water partition coefficient (Wildman–Crippen LogP) is -3.30. The van der Waals surface area contributed by atoms with E-state index in [0.29, 0.717) is 45.2 Å². The zero-order chi connectivity index (χ0) is 25.0. The normalized spacial score (nSPS) is 18.1. The first-order valence-corrected chi connectivity index (χ1v) is 11.0. The van der Waals surface area contributed by atoms with Crippen LogP contribution in [0, 0.1) is 0 Å². The Morgan fingerprint density at radius 3 is 2.39 bits per heavy atom. The fraction of sp³-hybridized carbons (Fsp3) is 0.750. The Morgan fingerprint density at radius 2 is 1.82 bits per heavy atom. The van der Waals surface area contributed by atoms with Crippen LogP contribution in [0.15, 0.2) is 0 Å². The molecule has 0 bridgehead atoms. The van der Waals surface area contributed by atoms with Gasteiger partial charge in [-0.05, 0) is 45.6 Å². The van der Waals surface area contributed by atoms with Gasteiger partial charge in [0.1, 0.15) is 18.1 Å². The number of esters is 1. The summed E-state index contributed by atoms with van der Waals surface area (Å²) in [5.74, 6) is -2.97. The number of aliphatic hydroxyl groups is 1. The van der Waals surface area contributed by atoms with Crippen LogP contribution in [0.4, 0.5) is 0 Å². The molecule has 0 radical (unpaired) electrons. The number of hydrogen-bond acceptors (Lipinski definition) is 9. The zero-order valence-electron chi connectivity index (χ0n) is 19.2. The Labute approximate surface area is 192 Å². The molecule has 1 aliphatic heterocycles. The van der Waals surface area contributed by atoms with Gasteiger partial charge in [0.05, 0.1) is 26.3 Å². The molecule has 188 valence electrons. The highest BCUT2D eigenvalue weighted by Crippen LogP contribution is 2.20. The first kappa shape index (κ1) is 28.3. The number of carbonyl (C=O) groups excluding carboxylic acids is 5. The standard InChI is InChI=1S/C20H36N6O7/c1-12(22)17(29)25-14(11-27)18(30)23-10-16(28)24-13(6-3-4-8-21)19(31)26-9-5-7-15(26)20(32)33-2/h12-15,27H,3-11,21-22H2,1-2H3,(H,23,30)(H,24,28)(H,25,29). The lowest BCUT2D eigenvalue weighted by atomic mass is 10.1. The number of methoxy groups -OCH3 is 1. The monoisotopic (exact) mass is 472 g/mol. The molecule has 1 fully saturated rings. The van der Waals surface area contributed by atoms with Crippen molar-refractivity contribution >= 4 is 29.6 Å². The van der Waals surface area contributed by atoms with Crippen molar-refractivity contribution in [3.8, 4) is 0 Å². The van der Waals surface area contributed by atoms with Gasteiger partial charge < -0.3 is 42.2 Å². The topological polar surface area (TPSA) is 206 Å². The number of nitrogens with two attached hydrogens (primary N) is 2. The number of ether oxygens (including phenoxy) is 1. The highest BCUT2D eigenvalue weighted by Gasteiger charge is 2.38. The van der Waals surface area contributed by atoms with Crippen molar-refractivity contribution < 1.29 is 33.8 Å². The van der Waals surface area contributed by atoms with Gasteiger partial charge in [0.15, 0.2) is 0 Å². The summed E-state index contributed by atoms with van der Waals surface area (Å²) in [4.78, 5) is 62.7. The third-order valence-electron chi connectivity index (χ3n) is 5.24. The molecule has 1 rings (SSSR count). The summed E-state index contributed by atoms with van der Waals surface area (Å²) >= 11 is 0. The minimum atomic E-state index is -1.27. The van der Waals surface area contributed by atoms with E-state index in [1.54, 1.807) is 0 Å². The summed E-state index contributed by atoms with van der Waals surface area (Å²) in [5.41, 5.74) is 10.9. The molecule has 4 unspecified atom stereocenters. The van der Waals surface area contributed by atoms with Gasteiger partial charge in [-0.15, -0.1) is 0 Å². The van der Waals surface area contributed by atoms with Gasteiger partial charge >= 0.3 is 5.97 Å². The summed E-state index contributed by atoms with van der Waals surface area (Å²) in [6, 6.07) is -3.76. The molecule has 8 N–H and O–H groups in total. The van der Waals surface area contributed by atoms with Gasteiger partial charge in [-0.25, -0.2) is 4.79 Å². The molecule has 0 aliphatic carbocycles. The molecule has 0 spiro atoms. The minimum Gasteiger partial charge on any atom is -0.467 e. The van der Waals surface area contributed by atoms with Gasteiger partial charge in [-0.3, -0.25) is 19.2 Å². The van der Waals surface area contributed by atoms with E-state index in [2.05, 4.69) is 16.0 Å². The molecule has 1 heterocycles. The maximum atomic E-state index is 13.1. The van der Waals surface area contributed by atoms with Crippen molar-refractivity contribution in [1.82, 2.24) is 20.9 Å². The summed E-state index contributed by atoms with van der Waals surface area (Å²) in [7, 11) is 1.25. The van der Waals surface area contributed by atoms with Crippen LogP contribution in [0.2, 0.25) is 0 Å². The van der Waals surface area contributed by atoms with Gasteiger partial charge in [0.2, 0.25) is 23.6 Å². The number of aliphatic hydroxyl groups excluding tert-OH is 1. The van der Waals surface area contributed by atoms with Crippen LogP contribution in [0.3, 0.4) is 0 Å². The second-order valence-corrected chi connectivity index (χ2v) is 7.87. The van der Waals surface area contributed by atoms with Crippen molar-refractivity contribution in [2.75, 3.05) is 33.4 Å². The van der Waals surface area contributed by atoms with E-state index in [4.69, 9.17) is 16.2 Å². The summed E-state index contributed by atoms with van der Waals surface area (Å²) in [5, 5.41) is 16.5. The van der Waals surface area contributed by atoms with E-state index in [1.807, 2.05) is 0 Å². The van der Waals surface area contributed by atoms with E-state index in [-0.39, 0.29) is 0 Å². The smallest absolute Gasteiger partial charge is 0.328 e. The Bertz CT molecular complexity index is 702. The molecule has 1 aliphatic rings. The Balaban J connectivity index is 2.74. The molecule has 0 aromatic carbocycles. The fourth-order valence-corrected chi connectivity index (χ4v) is 3.40. The molecule has 13 heteroatoms. The third kappa shape index (κ3) is 8.94. The zero-order valence-corrected chi connectivity index (χ0v) is 19.2. The van der Waals surface area contributed by atoms with E-state index < -0.39 is 66.9 Å². The Morgan fingerprint density at radius 1 is 1.12 bits per heavy atom. The van der Waals surface area contributed by atoms with Gasteiger partial charge in [0, 0.05) is 6.54 Å². The van der Waals surface area contributed by atoms with Gasteiger partial charge in [-0.2, -0.15) is 0 Å². The Hall–Kier alpha value is -2.77. The minimum absolute atomic E-state index is 0.309. The number of carbonyl (C=O) groups is 5. The van der Waals surface area contributed by atoms with Crippen molar-refractivity contribution in [3.63, 3.8) is 0 Å². The van der Waals surface area contributed by atoms with Gasteiger partial charge in [0.25, 0.3) is 0 Å². The molecule has 0 saturated carbocycles. The molecule has 0 aromatic rings. The molecule has 33 heavy (non-hydrogen) atoms. The van der Waals surface area contributed by atoms with Gasteiger partial charge in [-0.1, -0.05) is 0 Å². The fourth-order valence-electron chi connectivity index (χ4n) is 3.40. The number of amides is 4. The van der Waals surface area contributed by atoms with Crippen molar-refractivity contribution in [2.45, 2.75) is 63.2 Å². The number of hydrogen-bond donors (Lipinski definition) is 6. The van der Waals surface area contributed by atoms with Crippen LogP contribution in [0.5, 0.6) is 0 Å². The third-order valence-corrected chi connectivity index (χ3v) is 5.24. The first-order chi connectivity index (χ1) is 15.7. The van der Waals surface area contributed by atoms with Crippen molar-refractivity contribution in [1.29, 1.82) is 0 Å². The van der Waals surface area contributed by atoms with E-state index in [1.165, 1.54) is 18.9 Å². The lowest BCUT2D eigenvalue weighted by Crippen LogP contribution is -2.55. The summed E-state index contributed by atoms with van der Waals surface area (Å²) in [6.07, 6.45) is 2.65. The van der Waals surface area contributed by atoms with Crippen molar-refractivity contribution in [2.24, 2.45) is 11.5 Å². The number of unbranched alkanes of at least 4 members (excludes halogenated alkanes) is 1. The van der Waals surface area contributed by atoms with Crippen molar-refractivity contribution in [3.05, 3.63) is 0 Å². The van der Waals surface area contributed by atoms with E-state index >= 15 is 0 Å². The van der Waals surface area contributed by atoms with Crippen LogP contribution in [-0.2, 0) is 28.7 Å². The molecular formula is C20H36N6O7. The summed E-state index contributed by atoms with van der Waals surface area (Å²) < 4.78 is 4.77. The lowest BCUT2D eigenvalue weighted by molar-refractivity contribution is -0.152. The van der Waals surface area contributed by atoms with Crippen LogP contribution in [0.25, 0.3) is 0 Å². The number of rotatable bonds is 13. The van der Waals surface area contributed by atoms with Crippen LogP contribution >= 0.6 is 0 Å². The maximum Gasteiger partial charge on any atom is 0.328 e. The number of nitrogens with one attached hydrogen (secondary N) is 3. The molecule has 13 nitrogen and oxygen atoms in total. The van der Waals surface area contributed by atoms with Crippen LogP contribution in [-0.4, -0.2) is 97.1 Å². The second-order valence-electron chi connectivity index (χ2n) is 7.87. The average molecular weight is 473 g/mol. The molecule has 4 amide bonds. The molecular weight excluding hydrogens is 436 g/mol. The molecule has 4 atom stereocenters. The van der Waals surface area contributed by atoms with Crippen LogP contribution < -0.4 is 27.4 Å². The molecule has 1 saturated heterocycles. The average Bonchev–Trinajstić information content (AvgIpc) is 3.29. The number of nitrogens with zero attached hydrogens (tertiary/aromatic N) is 1. The predicted molar refractivity (Wildman–Crippen MR) is 117 cm³/mol. The first-order valence-electron chi connectivity index (χ1n) is 11.0. The van der Waals surface area contributed by atoms with Crippen LogP contribution in [0.1, 0.15) is 39.0 Å². The maximum absolute atomic E-state index is 13.1. The SMILES string of the molecule is COC(=O)C1CCCN1C(=O)C(CCCCN)NC(=O)CNC(=O)C(CO)NC(=O)C(C)N. The van der Waals surface area contributed by atoms with E-state index in [9.17, 15) is 29.1 Å². The van der Waals surface area contributed by atoms with E-state index in [0.717, 1.165) is 0 Å². The Kier molecular flexibility index (Phi) is 12.3. The quantitative estimate of drug-likeness (QED) is 0.117. The highest BCUT2D eigenvalue weighted by atomic mass is 16.5. The molecule has 0 aromatic heterocycles. The highest BCUT2D eigenvalue weighted by molar-refractivity contribution is 5.94. The number of likely N-dealkylation sites (tertiary alicyclic amines) is 1. The largest absolute Gasteiger partial charge is 0.467 e. The second kappa shape index (κ2) is 14.4.